The summed E-state index contributed by atoms with van der Waals surface area (Å²) in [6.07, 6.45) is 0.487. The van der Waals surface area contributed by atoms with Crippen LogP contribution in [-0.4, -0.2) is 51.2 Å². The number of nitrogens with zero attached hydrogens (tertiary/aromatic N) is 3. The Hall–Kier alpha value is -2.57. The van der Waals surface area contributed by atoms with Crippen LogP contribution in [0.3, 0.4) is 0 Å². The summed E-state index contributed by atoms with van der Waals surface area (Å²) in [6, 6.07) is 7.69. The van der Waals surface area contributed by atoms with Crippen LogP contribution in [0.25, 0.3) is 11.0 Å². The van der Waals surface area contributed by atoms with Gasteiger partial charge in [0, 0.05) is 26.2 Å². The number of hydrogen-bond donors (Lipinski definition) is 2. The molecule has 0 spiro atoms. The van der Waals surface area contributed by atoms with Crippen molar-refractivity contribution in [2.24, 2.45) is 5.41 Å². The third-order valence-corrected chi connectivity index (χ3v) is 4.73. The van der Waals surface area contributed by atoms with Crippen molar-refractivity contribution < 1.29 is 14.7 Å². The second-order valence-electron chi connectivity index (χ2n) is 6.57. The zero-order chi connectivity index (χ0) is 17.3. The molecular weight excluding hydrogens is 308 g/mol. The van der Waals surface area contributed by atoms with Crippen molar-refractivity contribution in [3.05, 3.63) is 30.1 Å². The minimum Gasteiger partial charge on any atom is -0.481 e. The lowest BCUT2D eigenvalue weighted by Crippen LogP contribution is -2.41. The highest BCUT2D eigenvalue weighted by Gasteiger charge is 2.42. The van der Waals surface area contributed by atoms with Gasteiger partial charge in [0.1, 0.15) is 5.82 Å². The average Bonchev–Trinajstić information content (AvgIpc) is 3.09. The van der Waals surface area contributed by atoms with E-state index in [1.165, 1.54) is 0 Å². The van der Waals surface area contributed by atoms with Crippen molar-refractivity contribution in [1.82, 2.24) is 19.8 Å². The molecular formula is C17H22N4O3. The predicted octanol–water partition coefficient (Wildman–Crippen LogP) is 1.85. The minimum atomic E-state index is -0.849. The number of nitrogens with one attached hydrogen (secondary N) is 1. The van der Waals surface area contributed by atoms with Crippen LogP contribution in [0.5, 0.6) is 0 Å². The molecule has 1 aliphatic rings. The average molecular weight is 330 g/mol. The number of urea groups is 1. The second-order valence-corrected chi connectivity index (χ2v) is 6.57. The molecule has 1 unspecified atom stereocenters. The number of aliphatic carboxylic acids is 1. The molecule has 3 rings (SSSR count). The number of likely N-dealkylation sites (tertiary alicyclic amines) is 1. The zero-order valence-corrected chi connectivity index (χ0v) is 14.0. The quantitative estimate of drug-likeness (QED) is 0.895. The van der Waals surface area contributed by atoms with Gasteiger partial charge in [-0.2, -0.15) is 0 Å². The van der Waals surface area contributed by atoms with Gasteiger partial charge in [-0.1, -0.05) is 12.1 Å². The highest BCUT2D eigenvalue weighted by atomic mass is 16.4. The summed E-state index contributed by atoms with van der Waals surface area (Å²) in [5, 5.41) is 12.1. The molecule has 7 nitrogen and oxygen atoms in total. The first-order valence-electron chi connectivity index (χ1n) is 8.09. The number of aromatic nitrogens is 2. The van der Waals surface area contributed by atoms with E-state index in [0.29, 0.717) is 26.1 Å². The van der Waals surface area contributed by atoms with Gasteiger partial charge in [-0.3, -0.25) is 4.79 Å². The van der Waals surface area contributed by atoms with Gasteiger partial charge in [0.05, 0.1) is 16.4 Å². The van der Waals surface area contributed by atoms with Gasteiger partial charge in [0.2, 0.25) is 0 Å². The molecule has 1 fully saturated rings. The lowest BCUT2D eigenvalue weighted by Gasteiger charge is -2.20. The van der Waals surface area contributed by atoms with Gasteiger partial charge < -0.3 is 19.9 Å². The monoisotopic (exact) mass is 330 g/mol. The third kappa shape index (κ3) is 2.93. The number of fused-ring (bicyclic) bond motifs is 1. The number of carbonyl (C=O) groups excluding carboxylic acids is 1. The van der Waals surface area contributed by atoms with E-state index in [-0.39, 0.29) is 12.6 Å². The van der Waals surface area contributed by atoms with Crippen LogP contribution in [0.4, 0.5) is 4.79 Å². The number of carbonyl (C=O) groups is 2. The SMILES string of the molecule is Cc1nc2ccccc2n1CCNC(=O)N1CCC(C)(C(=O)O)C1. The maximum atomic E-state index is 12.2. The smallest absolute Gasteiger partial charge is 0.317 e. The Balaban J connectivity index is 1.58. The summed E-state index contributed by atoms with van der Waals surface area (Å²) < 4.78 is 2.07. The molecule has 1 aromatic heterocycles. The number of para-hydroxylation sites is 2. The summed E-state index contributed by atoms with van der Waals surface area (Å²) in [5.41, 5.74) is 1.15. The first-order chi connectivity index (χ1) is 11.4. The minimum absolute atomic E-state index is 0.206. The van der Waals surface area contributed by atoms with Crippen molar-refractivity contribution in [2.45, 2.75) is 26.8 Å². The number of benzene rings is 1. The number of carboxylic acid groups (broad SMARTS) is 1. The number of amides is 2. The molecule has 1 aromatic carbocycles. The van der Waals surface area contributed by atoms with E-state index in [9.17, 15) is 14.7 Å². The summed E-state index contributed by atoms with van der Waals surface area (Å²) in [6.45, 7) is 5.45. The third-order valence-electron chi connectivity index (χ3n) is 4.73. The van der Waals surface area contributed by atoms with E-state index in [0.717, 1.165) is 16.9 Å². The van der Waals surface area contributed by atoms with Crippen molar-refractivity contribution in [3.63, 3.8) is 0 Å². The normalized spacial score (nSPS) is 20.5. The molecule has 0 aliphatic carbocycles. The zero-order valence-electron chi connectivity index (χ0n) is 14.0. The molecule has 1 atom stereocenters. The highest BCUT2D eigenvalue weighted by molar-refractivity contribution is 5.79. The van der Waals surface area contributed by atoms with E-state index in [1.54, 1.807) is 11.8 Å². The Morgan fingerprint density at radius 1 is 1.38 bits per heavy atom. The number of carboxylic acids is 1. The molecule has 1 aliphatic heterocycles. The Bertz CT molecular complexity index is 785. The maximum absolute atomic E-state index is 12.2. The van der Waals surface area contributed by atoms with Gasteiger partial charge in [0.25, 0.3) is 0 Å². The molecule has 1 saturated heterocycles. The maximum Gasteiger partial charge on any atom is 0.317 e. The molecule has 2 heterocycles. The van der Waals surface area contributed by atoms with Crippen molar-refractivity contribution >= 4 is 23.0 Å². The van der Waals surface area contributed by atoms with Gasteiger partial charge in [-0.05, 0) is 32.4 Å². The van der Waals surface area contributed by atoms with E-state index >= 15 is 0 Å². The van der Waals surface area contributed by atoms with Crippen molar-refractivity contribution in [2.75, 3.05) is 19.6 Å². The molecule has 24 heavy (non-hydrogen) atoms. The fraction of sp³-hybridized carbons (Fsp3) is 0.471. The Kier molecular flexibility index (Phi) is 4.17. The lowest BCUT2D eigenvalue weighted by atomic mass is 9.90. The summed E-state index contributed by atoms with van der Waals surface area (Å²) in [5.74, 6) is 0.0587. The molecule has 0 radical (unpaired) electrons. The van der Waals surface area contributed by atoms with Crippen LogP contribution in [-0.2, 0) is 11.3 Å². The van der Waals surface area contributed by atoms with Gasteiger partial charge in [0.15, 0.2) is 0 Å². The van der Waals surface area contributed by atoms with E-state index in [2.05, 4.69) is 14.9 Å². The van der Waals surface area contributed by atoms with Crippen molar-refractivity contribution in [1.29, 1.82) is 0 Å². The number of hydrogen-bond acceptors (Lipinski definition) is 3. The number of aryl methyl sites for hydroxylation is 1. The standard InChI is InChI=1S/C17H22N4O3/c1-12-19-13-5-3-4-6-14(13)21(12)10-8-18-16(24)20-9-7-17(2,11-20)15(22)23/h3-6H,7-11H2,1-2H3,(H,18,24)(H,22,23). The molecule has 0 saturated carbocycles. The molecule has 128 valence electrons. The molecule has 2 amide bonds. The van der Waals surface area contributed by atoms with Crippen molar-refractivity contribution in [3.8, 4) is 0 Å². The van der Waals surface area contributed by atoms with Crippen LogP contribution < -0.4 is 5.32 Å². The fourth-order valence-electron chi connectivity index (χ4n) is 3.17. The highest BCUT2D eigenvalue weighted by Crippen LogP contribution is 2.29. The Morgan fingerprint density at radius 3 is 2.83 bits per heavy atom. The van der Waals surface area contributed by atoms with Crippen LogP contribution >= 0.6 is 0 Å². The van der Waals surface area contributed by atoms with E-state index in [4.69, 9.17) is 0 Å². The number of rotatable bonds is 4. The van der Waals surface area contributed by atoms with Crippen LogP contribution in [0.15, 0.2) is 24.3 Å². The summed E-state index contributed by atoms with van der Waals surface area (Å²) in [4.78, 5) is 29.6. The van der Waals surface area contributed by atoms with E-state index in [1.807, 2.05) is 31.2 Å². The molecule has 0 bridgehead atoms. The molecule has 2 aromatic rings. The van der Waals surface area contributed by atoms with Crippen LogP contribution in [0.2, 0.25) is 0 Å². The Morgan fingerprint density at radius 2 is 2.12 bits per heavy atom. The molecule has 2 N–H and O–H groups in total. The number of imidazole rings is 1. The topological polar surface area (TPSA) is 87.5 Å². The van der Waals surface area contributed by atoms with Gasteiger partial charge in [-0.15, -0.1) is 0 Å². The predicted molar refractivity (Wildman–Crippen MR) is 89.8 cm³/mol. The van der Waals surface area contributed by atoms with E-state index < -0.39 is 11.4 Å². The summed E-state index contributed by atoms with van der Waals surface area (Å²) in [7, 11) is 0. The molecule has 7 heteroatoms. The Labute approximate surface area is 140 Å². The van der Waals surface area contributed by atoms with Crippen LogP contribution in [0.1, 0.15) is 19.2 Å². The summed E-state index contributed by atoms with van der Waals surface area (Å²) >= 11 is 0. The van der Waals surface area contributed by atoms with Gasteiger partial charge in [-0.25, -0.2) is 9.78 Å². The first-order valence-corrected chi connectivity index (χ1v) is 8.09. The van der Waals surface area contributed by atoms with Gasteiger partial charge >= 0.3 is 12.0 Å². The largest absolute Gasteiger partial charge is 0.481 e. The lowest BCUT2D eigenvalue weighted by molar-refractivity contribution is -0.146. The second kappa shape index (κ2) is 6.14. The van der Waals surface area contributed by atoms with Crippen LogP contribution in [0, 0.1) is 12.3 Å². The fourth-order valence-corrected chi connectivity index (χ4v) is 3.17. The first kappa shape index (κ1) is 16.3.